The molecule has 0 amide bonds. The van der Waals surface area contributed by atoms with Crippen molar-refractivity contribution in [2.45, 2.75) is 71.3 Å². The summed E-state index contributed by atoms with van der Waals surface area (Å²) in [6, 6.07) is 0. The molecule has 0 radical (unpaired) electrons. The Balaban J connectivity index is 0.000000401. The molecule has 0 aromatic rings. The lowest BCUT2D eigenvalue weighted by atomic mass is 10.1. The molecule has 1 saturated heterocycles. The minimum absolute atomic E-state index is 0.583. The van der Waals surface area contributed by atoms with E-state index in [4.69, 9.17) is 10.5 Å². The number of hydrogen-bond donors (Lipinski definition) is 1. The highest BCUT2D eigenvalue weighted by Crippen LogP contribution is 2.07. The molecular weight excluding hydrogens is 186 g/mol. The van der Waals surface area contributed by atoms with Crippen molar-refractivity contribution in [3.8, 4) is 0 Å². The van der Waals surface area contributed by atoms with Crippen LogP contribution in [0, 0.1) is 0 Å². The van der Waals surface area contributed by atoms with Gasteiger partial charge in [-0.25, -0.2) is 0 Å². The summed E-state index contributed by atoms with van der Waals surface area (Å²) in [7, 11) is 0. The zero-order valence-corrected chi connectivity index (χ0v) is 10.6. The van der Waals surface area contributed by atoms with Crippen LogP contribution in [0.25, 0.3) is 0 Å². The lowest BCUT2D eigenvalue weighted by Crippen LogP contribution is -1.97. The van der Waals surface area contributed by atoms with Crippen molar-refractivity contribution in [3.63, 3.8) is 0 Å². The number of hydrogen-bond acceptors (Lipinski definition) is 2. The first-order chi connectivity index (χ1) is 7.31. The minimum atomic E-state index is 0.583. The van der Waals surface area contributed by atoms with E-state index in [1.807, 2.05) is 0 Å². The van der Waals surface area contributed by atoms with Crippen LogP contribution >= 0.6 is 0 Å². The summed E-state index contributed by atoms with van der Waals surface area (Å²) >= 11 is 0. The lowest BCUT2D eigenvalue weighted by Gasteiger charge is -1.99. The monoisotopic (exact) mass is 215 g/mol. The highest BCUT2D eigenvalue weighted by molar-refractivity contribution is 4.58. The molecule has 1 atom stereocenters. The van der Waals surface area contributed by atoms with Crippen LogP contribution in [0.15, 0.2) is 0 Å². The van der Waals surface area contributed by atoms with E-state index in [1.165, 1.54) is 51.4 Å². The van der Waals surface area contributed by atoms with Gasteiger partial charge in [-0.3, -0.25) is 0 Å². The fourth-order valence-electron chi connectivity index (χ4n) is 1.37. The molecule has 1 aliphatic rings. The maximum Gasteiger partial charge on any atom is 0.0781 e. The third-order valence-electron chi connectivity index (χ3n) is 2.56. The SMILES string of the molecule is CC1CO1.CCCCCCCCCCN. The third-order valence-corrected chi connectivity index (χ3v) is 2.56. The van der Waals surface area contributed by atoms with Crippen molar-refractivity contribution in [1.29, 1.82) is 0 Å². The molecule has 1 rings (SSSR count). The first kappa shape index (κ1) is 14.9. The number of nitrogens with two attached hydrogens (primary N) is 1. The Morgan fingerprint density at radius 2 is 1.40 bits per heavy atom. The molecule has 0 aliphatic carbocycles. The molecular formula is C13H29NO. The van der Waals surface area contributed by atoms with Crippen molar-refractivity contribution in [1.82, 2.24) is 0 Å². The average Bonchev–Trinajstić information content (AvgIpc) is 3.01. The van der Waals surface area contributed by atoms with Gasteiger partial charge in [0.05, 0.1) is 12.7 Å². The first-order valence-corrected chi connectivity index (χ1v) is 6.63. The fraction of sp³-hybridized carbons (Fsp3) is 1.00. The van der Waals surface area contributed by atoms with Crippen LogP contribution in [0.5, 0.6) is 0 Å². The number of rotatable bonds is 8. The van der Waals surface area contributed by atoms with Gasteiger partial charge in [-0.1, -0.05) is 51.9 Å². The van der Waals surface area contributed by atoms with Gasteiger partial charge in [-0.15, -0.1) is 0 Å². The minimum Gasteiger partial charge on any atom is -0.373 e. The molecule has 15 heavy (non-hydrogen) atoms. The first-order valence-electron chi connectivity index (χ1n) is 6.63. The summed E-state index contributed by atoms with van der Waals surface area (Å²) < 4.78 is 4.71. The van der Waals surface area contributed by atoms with Crippen molar-refractivity contribution in [2.75, 3.05) is 13.2 Å². The second-order valence-electron chi connectivity index (χ2n) is 4.41. The number of ether oxygens (including phenoxy) is 1. The molecule has 2 nitrogen and oxygen atoms in total. The van der Waals surface area contributed by atoms with Crippen molar-refractivity contribution >= 4 is 0 Å². The van der Waals surface area contributed by atoms with E-state index in [9.17, 15) is 0 Å². The third kappa shape index (κ3) is 16.6. The van der Waals surface area contributed by atoms with Crippen LogP contribution in [0.4, 0.5) is 0 Å². The Bertz CT molecular complexity index is 105. The summed E-state index contributed by atoms with van der Waals surface area (Å²) in [6.45, 7) is 6.17. The normalized spacial score (nSPS) is 18.2. The Hall–Kier alpha value is -0.0800. The van der Waals surface area contributed by atoms with Gasteiger partial charge in [0.2, 0.25) is 0 Å². The van der Waals surface area contributed by atoms with Crippen LogP contribution in [0.1, 0.15) is 65.2 Å². The molecule has 1 fully saturated rings. The maximum absolute atomic E-state index is 5.39. The number of unbranched alkanes of at least 4 members (excludes halogenated alkanes) is 7. The van der Waals surface area contributed by atoms with Crippen LogP contribution in [-0.4, -0.2) is 19.3 Å². The smallest absolute Gasteiger partial charge is 0.0781 e. The van der Waals surface area contributed by atoms with Crippen LogP contribution < -0.4 is 5.73 Å². The Morgan fingerprint density at radius 1 is 1.00 bits per heavy atom. The molecule has 92 valence electrons. The Kier molecular flexibility index (Phi) is 11.9. The molecule has 0 saturated carbocycles. The second kappa shape index (κ2) is 12.0. The van der Waals surface area contributed by atoms with Gasteiger partial charge >= 0.3 is 0 Å². The quantitative estimate of drug-likeness (QED) is 0.497. The Morgan fingerprint density at radius 3 is 1.73 bits per heavy atom. The van der Waals surface area contributed by atoms with E-state index in [2.05, 4.69) is 13.8 Å². The Labute approximate surface area is 95.6 Å². The summed E-state index contributed by atoms with van der Waals surface area (Å²) in [5, 5.41) is 0. The molecule has 1 aliphatic heterocycles. The zero-order valence-electron chi connectivity index (χ0n) is 10.6. The molecule has 0 aromatic heterocycles. The average molecular weight is 215 g/mol. The van der Waals surface area contributed by atoms with Crippen molar-refractivity contribution in [2.24, 2.45) is 5.73 Å². The predicted molar refractivity (Wildman–Crippen MR) is 67.1 cm³/mol. The molecule has 0 bridgehead atoms. The largest absolute Gasteiger partial charge is 0.373 e. The van der Waals surface area contributed by atoms with Gasteiger partial charge in [0.1, 0.15) is 0 Å². The van der Waals surface area contributed by atoms with Gasteiger partial charge in [0.15, 0.2) is 0 Å². The van der Waals surface area contributed by atoms with Crippen molar-refractivity contribution in [3.05, 3.63) is 0 Å². The molecule has 2 N–H and O–H groups in total. The second-order valence-corrected chi connectivity index (χ2v) is 4.41. The van der Waals surface area contributed by atoms with E-state index < -0.39 is 0 Å². The van der Waals surface area contributed by atoms with E-state index >= 15 is 0 Å². The fourth-order valence-corrected chi connectivity index (χ4v) is 1.37. The van der Waals surface area contributed by atoms with Gasteiger partial charge in [0.25, 0.3) is 0 Å². The van der Waals surface area contributed by atoms with Gasteiger partial charge in [-0.05, 0) is 19.9 Å². The standard InChI is InChI=1S/C10H23N.C3H6O/c1-2-3-4-5-6-7-8-9-10-11;1-3-2-4-3/h2-11H2,1H3;3H,2H2,1H3. The summed E-state index contributed by atoms with van der Waals surface area (Å²) in [5.74, 6) is 0. The molecule has 2 heteroatoms. The summed E-state index contributed by atoms with van der Waals surface area (Å²) in [6.07, 6.45) is 11.6. The number of epoxide rings is 1. The maximum atomic E-state index is 5.39. The van der Waals surface area contributed by atoms with E-state index in [0.717, 1.165) is 13.2 Å². The van der Waals surface area contributed by atoms with Gasteiger partial charge in [0, 0.05) is 0 Å². The van der Waals surface area contributed by atoms with Crippen LogP contribution in [0.3, 0.4) is 0 Å². The molecule has 1 heterocycles. The lowest BCUT2D eigenvalue weighted by molar-refractivity contribution is 0.423. The van der Waals surface area contributed by atoms with Crippen LogP contribution in [0.2, 0.25) is 0 Å². The molecule has 0 aromatic carbocycles. The predicted octanol–water partition coefficient (Wildman–Crippen LogP) is 3.49. The summed E-state index contributed by atoms with van der Waals surface area (Å²) in [4.78, 5) is 0. The van der Waals surface area contributed by atoms with Crippen molar-refractivity contribution < 1.29 is 4.74 Å². The van der Waals surface area contributed by atoms with Gasteiger partial charge in [-0.2, -0.15) is 0 Å². The van der Waals surface area contributed by atoms with Gasteiger partial charge < -0.3 is 10.5 Å². The highest BCUT2D eigenvalue weighted by atomic mass is 16.6. The zero-order chi connectivity index (χ0) is 11.4. The van der Waals surface area contributed by atoms with Crippen LogP contribution in [-0.2, 0) is 4.74 Å². The molecule has 0 spiro atoms. The highest BCUT2D eigenvalue weighted by Gasteiger charge is 2.13. The summed E-state index contributed by atoms with van der Waals surface area (Å²) in [5.41, 5.74) is 5.39. The molecule has 1 unspecified atom stereocenters. The van der Waals surface area contributed by atoms with E-state index in [-0.39, 0.29) is 0 Å². The van der Waals surface area contributed by atoms with E-state index in [1.54, 1.807) is 0 Å². The topological polar surface area (TPSA) is 38.5 Å². The van der Waals surface area contributed by atoms with E-state index in [0.29, 0.717) is 6.10 Å².